The molecule has 14 rings (SSSR count). The third-order valence-corrected chi connectivity index (χ3v) is 17.8. The third kappa shape index (κ3) is 11.1. The minimum Gasteiger partial charge on any atom is -0.504 e. The van der Waals surface area contributed by atoms with Crippen molar-refractivity contribution >= 4 is 23.8 Å². The van der Waals surface area contributed by atoms with Gasteiger partial charge in [-0.05, 0) is 124 Å². The van der Waals surface area contributed by atoms with E-state index in [1.54, 1.807) is 37.3 Å². The van der Waals surface area contributed by atoms with Crippen molar-refractivity contribution in [1.82, 2.24) is 40.6 Å². The molecule has 0 spiro atoms. The van der Waals surface area contributed by atoms with Gasteiger partial charge in [-0.25, -0.2) is 13.8 Å². The highest BCUT2D eigenvalue weighted by Crippen LogP contribution is 2.58. The molecular formula is C66H63FN8O18. The number of halogens is 1. The van der Waals surface area contributed by atoms with E-state index in [0.29, 0.717) is 74.4 Å². The van der Waals surface area contributed by atoms with Gasteiger partial charge in [-0.2, -0.15) is 0 Å². The Morgan fingerprint density at radius 1 is 0.527 bits per heavy atom. The van der Waals surface area contributed by atoms with E-state index in [-0.39, 0.29) is 74.8 Å². The van der Waals surface area contributed by atoms with Crippen LogP contribution in [0.2, 0.25) is 0 Å². The van der Waals surface area contributed by atoms with Crippen molar-refractivity contribution in [2.24, 2.45) is 23.7 Å². The lowest BCUT2D eigenvalue weighted by atomic mass is 9.65. The Morgan fingerprint density at radius 2 is 0.925 bits per heavy atom. The second-order valence-corrected chi connectivity index (χ2v) is 22.8. The summed E-state index contributed by atoms with van der Waals surface area (Å²) < 4.78 is 89.9. The van der Waals surface area contributed by atoms with Gasteiger partial charge in [-0.3, -0.25) is 19.2 Å². The van der Waals surface area contributed by atoms with Gasteiger partial charge in [0.25, 0.3) is 11.8 Å². The Morgan fingerprint density at radius 3 is 1.31 bits per heavy atom. The molecule has 0 saturated carbocycles. The molecular weight excluding hydrogens is 1210 g/mol. The molecule has 0 bridgehead atoms. The molecule has 8 aromatic rings. The molecule has 6 heterocycles. The van der Waals surface area contributed by atoms with Gasteiger partial charge in [0.2, 0.25) is 25.1 Å². The summed E-state index contributed by atoms with van der Waals surface area (Å²) in [5.74, 6) is -0.161. The van der Waals surface area contributed by atoms with E-state index in [1.807, 2.05) is 48.5 Å². The number of nitrogens with one attached hydrogen (secondary N) is 2. The molecule has 6 aliphatic rings. The Balaban J connectivity index is 0.000000169. The molecule has 3 N–H and O–H groups in total. The average molecular weight is 1280 g/mol. The first kappa shape index (κ1) is 60.9. The fourth-order valence-electron chi connectivity index (χ4n) is 13.4. The Labute approximate surface area is 530 Å². The van der Waals surface area contributed by atoms with E-state index in [4.69, 9.17) is 61.6 Å². The van der Waals surface area contributed by atoms with Crippen molar-refractivity contribution < 1.29 is 90.3 Å². The number of esters is 2. The number of carbonyl (C=O) groups is 4. The fraction of sp³-hybridized carbons (Fsp3) is 0.333. The molecule has 0 radical (unpaired) electrons. The van der Waals surface area contributed by atoms with Crippen LogP contribution in [0.25, 0.3) is 0 Å². The van der Waals surface area contributed by atoms with Crippen molar-refractivity contribution in [1.29, 1.82) is 0 Å². The summed E-state index contributed by atoms with van der Waals surface area (Å²) in [6.45, 7) is 2.47. The lowest BCUT2D eigenvalue weighted by Crippen LogP contribution is -2.43. The topological polar surface area (TPSA) is 294 Å². The molecule has 93 heavy (non-hydrogen) atoms. The second-order valence-electron chi connectivity index (χ2n) is 22.8. The number of fused-ring (bicyclic) bond motifs is 6. The van der Waals surface area contributed by atoms with E-state index >= 15 is 0 Å². The zero-order valence-corrected chi connectivity index (χ0v) is 51.5. The fourth-order valence-corrected chi connectivity index (χ4v) is 13.4. The number of nitrogens with zero attached hydrogens (tertiary/aromatic N) is 6. The van der Waals surface area contributed by atoms with Gasteiger partial charge in [0.1, 0.15) is 5.82 Å². The molecule has 6 aromatic carbocycles. The number of hydrogen-bond acceptors (Lipinski definition) is 22. The maximum absolute atomic E-state index is 14.1. The van der Waals surface area contributed by atoms with Crippen molar-refractivity contribution in [2.45, 2.75) is 43.9 Å². The molecule has 482 valence electrons. The van der Waals surface area contributed by atoms with Crippen LogP contribution < -0.4 is 62.7 Å². The molecule has 4 aliphatic heterocycles. The summed E-state index contributed by atoms with van der Waals surface area (Å²) in [6.07, 6.45) is 3.02. The summed E-state index contributed by atoms with van der Waals surface area (Å²) in [5.41, 5.74) is 6.61. The number of amides is 2. The lowest BCUT2D eigenvalue weighted by molar-refractivity contribution is -0.142. The summed E-state index contributed by atoms with van der Waals surface area (Å²) in [6, 6.07) is 23.3. The van der Waals surface area contributed by atoms with Gasteiger partial charge in [-0.1, -0.05) is 28.6 Å². The monoisotopic (exact) mass is 1270 g/mol. The lowest BCUT2D eigenvalue weighted by Gasteiger charge is -2.39. The Bertz CT molecular complexity index is 4220. The summed E-state index contributed by atoms with van der Waals surface area (Å²) in [4.78, 5) is 54.3. The zero-order chi connectivity index (χ0) is 64.9. The molecule has 26 nitrogen and oxygen atoms in total. The molecule has 2 fully saturated rings. The van der Waals surface area contributed by atoms with Gasteiger partial charge >= 0.3 is 11.9 Å². The first-order valence-corrected chi connectivity index (χ1v) is 29.5. The third-order valence-electron chi connectivity index (χ3n) is 17.8. The van der Waals surface area contributed by atoms with E-state index in [0.717, 1.165) is 38.9 Å². The number of phenols is 1. The first-order chi connectivity index (χ1) is 45.1. The average Bonchev–Trinajstić information content (AvgIpc) is 1.71. The van der Waals surface area contributed by atoms with Crippen molar-refractivity contribution in [3.63, 3.8) is 0 Å². The second kappa shape index (κ2) is 25.0. The van der Waals surface area contributed by atoms with Crippen LogP contribution in [0.15, 0.2) is 97.3 Å². The van der Waals surface area contributed by atoms with Crippen LogP contribution >= 0.6 is 0 Å². The molecule has 2 saturated heterocycles. The minimum absolute atomic E-state index is 0.00683. The highest BCUT2D eigenvalue weighted by atomic mass is 19.1. The standard InChI is InChI=1S/C33H31FN4O8.C33H32N4O10/c1-16-5-6-17(7-22(16)34)12-38-13-23(36-37-38)32(39)35-30-20-11-25-24(45-15-46-25)10-19(20)28(29-21(30)14-44-33(29)40)18-8-26(41-2)31(43-4)27(9-18)42-3;1-41-23-6-5-16(7-22(23)38)12-37-13-21(35-36-37)32(39)34-30-19-11-25-24(46-15-47-25)10-18(19)28(29-20(30)14-45-33(29)40)17-8-26(42-2)31(44-4)27(9-17)43-3/h5-11,13,21,28-30H,12,14-15H2,1-4H3,(H,35,39);5-11,13,20,28-30,38H,12,14-15H2,1-4H3,(H,34,39)/t21-,28+,29-,30+;20-,28+,29-,30+/m00/s1. The van der Waals surface area contributed by atoms with Crippen LogP contribution in [-0.2, 0) is 32.2 Å². The number of aryl methyl sites for hydroxylation is 1. The number of cyclic esters (lactones) is 2. The normalized spacial score (nSPS) is 20.7. The van der Waals surface area contributed by atoms with Gasteiger partial charge in [0.15, 0.2) is 68.9 Å². The molecule has 2 aliphatic carbocycles. The van der Waals surface area contributed by atoms with Gasteiger partial charge in [0.05, 0.1) is 112 Å². The smallest absolute Gasteiger partial charge is 0.310 e. The number of hydrogen-bond donors (Lipinski definition) is 3. The number of benzene rings is 6. The van der Waals surface area contributed by atoms with Crippen molar-refractivity contribution in [3.05, 3.63) is 165 Å². The van der Waals surface area contributed by atoms with Crippen LogP contribution in [0.4, 0.5) is 4.39 Å². The highest BCUT2D eigenvalue weighted by molar-refractivity contribution is 5.93. The van der Waals surface area contributed by atoms with E-state index in [1.165, 1.54) is 77.6 Å². The number of carbonyl (C=O) groups excluding carboxylic acids is 4. The largest absolute Gasteiger partial charge is 0.504 e. The summed E-state index contributed by atoms with van der Waals surface area (Å²) in [5, 5.41) is 32.7. The quantitative estimate of drug-likeness (QED) is 0.0763. The van der Waals surface area contributed by atoms with E-state index < -0.39 is 59.4 Å². The minimum atomic E-state index is -0.659. The van der Waals surface area contributed by atoms with Crippen LogP contribution in [0.1, 0.15) is 95.0 Å². The molecule has 8 atom stereocenters. The van der Waals surface area contributed by atoms with E-state index in [2.05, 4.69) is 31.3 Å². The van der Waals surface area contributed by atoms with Crippen LogP contribution in [0, 0.1) is 36.4 Å². The van der Waals surface area contributed by atoms with Gasteiger partial charge in [-0.15, -0.1) is 10.2 Å². The molecule has 0 unspecified atom stereocenters. The van der Waals surface area contributed by atoms with E-state index in [9.17, 15) is 28.7 Å². The summed E-state index contributed by atoms with van der Waals surface area (Å²) in [7, 11) is 10.6. The van der Waals surface area contributed by atoms with Crippen LogP contribution in [0.3, 0.4) is 0 Å². The number of ether oxygens (including phenoxy) is 13. The summed E-state index contributed by atoms with van der Waals surface area (Å²) >= 11 is 0. The van der Waals surface area contributed by atoms with Crippen molar-refractivity contribution in [3.8, 4) is 69.0 Å². The van der Waals surface area contributed by atoms with Crippen LogP contribution in [-0.4, -0.2) is 135 Å². The number of rotatable bonds is 17. The zero-order valence-electron chi connectivity index (χ0n) is 51.5. The number of phenolic OH excluding ortho intramolecular Hbond substituents is 1. The van der Waals surface area contributed by atoms with Gasteiger partial charge in [0, 0.05) is 23.7 Å². The Hall–Kier alpha value is -11.0. The highest BCUT2D eigenvalue weighted by Gasteiger charge is 2.55. The maximum Gasteiger partial charge on any atom is 0.310 e. The molecule has 2 aromatic heterocycles. The number of methoxy groups -OCH3 is 7. The SMILES string of the molecule is COc1cc([C@@H]2c3cc4c(cc3[C@@H](NC(=O)c3cn(Cc5ccc(C)c(F)c5)nn3)[C@H]3COC(=O)[C@H]23)OCO4)cc(OC)c1OC.COc1ccc(Cn2cc(C(=O)N[C@@H]3c4cc5c(cc4[C@@H](c4cc(OC)c(OC)c(OC)c4)[C@H]4C(=O)OC[C@@H]43)OCO5)nn2)cc1O. The maximum atomic E-state index is 14.1. The van der Waals surface area contributed by atoms with Crippen LogP contribution in [0.5, 0.6) is 69.0 Å². The predicted octanol–water partition coefficient (Wildman–Crippen LogP) is 7.14. The first-order valence-electron chi connectivity index (χ1n) is 29.5. The predicted molar refractivity (Wildman–Crippen MR) is 321 cm³/mol. The number of aromatic nitrogens is 6. The Kier molecular flexibility index (Phi) is 16.4. The number of aromatic hydroxyl groups is 1. The molecule has 2 amide bonds. The molecule has 27 heteroatoms. The van der Waals surface area contributed by atoms with Crippen molar-refractivity contribution in [2.75, 3.05) is 76.6 Å². The van der Waals surface area contributed by atoms with Gasteiger partial charge < -0.3 is 77.3 Å².